The van der Waals surface area contributed by atoms with Gasteiger partial charge in [0.2, 0.25) is 0 Å². The molecule has 14 heteroatoms. The molecule has 0 aliphatic carbocycles. The molecule has 2 heterocycles. The van der Waals surface area contributed by atoms with Crippen LogP contribution in [0.15, 0.2) is 146 Å². The number of fused-ring (bicyclic) bond motifs is 2. The third kappa shape index (κ3) is 18.5. The van der Waals surface area contributed by atoms with Crippen molar-refractivity contribution < 1.29 is 80.8 Å². The summed E-state index contributed by atoms with van der Waals surface area (Å²) in [7, 11) is -4.51. The van der Waals surface area contributed by atoms with E-state index in [-0.39, 0.29) is 51.4 Å². The van der Waals surface area contributed by atoms with Gasteiger partial charge in [0, 0.05) is 26.9 Å². The molecule has 1 atom stereocenters. The number of rotatable bonds is 7. The Morgan fingerprint density at radius 3 is 1.39 bits per heavy atom. The molecule has 6 aromatic carbocycles. The van der Waals surface area contributed by atoms with Crippen molar-refractivity contribution in [2.75, 3.05) is 0 Å². The molecule has 0 aliphatic heterocycles. The van der Waals surface area contributed by atoms with Crippen LogP contribution in [0.1, 0.15) is 72.9 Å². The van der Waals surface area contributed by atoms with Crippen LogP contribution in [-0.4, -0.2) is 90.3 Å². The molecule has 0 amide bonds. The predicted molar refractivity (Wildman–Crippen MR) is 268 cm³/mol. The van der Waals surface area contributed by atoms with Crippen LogP contribution >= 0.6 is 19.9 Å². The Morgan fingerprint density at radius 2 is 0.985 bits per heavy atom. The van der Waals surface area contributed by atoms with Crippen molar-refractivity contribution >= 4 is 117 Å². The van der Waals surface area contributed by atoms with Crippen molar-refractivity contribution in [3.05, 3.63) is 184 Å². The average Bonchev–Trinajstić information content (AvgIpc) is 3.29. The summed E-state index contributed by atoms with van der Waals surface area (Å²) in [6, 6.07) is 49.9. The summed E-state index contributed by atoms with van der Waals surface area (Å²) in [6.45, 7) is 17.1. The van der Waals surface area contributed by atoms with Gasteiger partial charge < -0.3 is 20.2 Å². The van der Waals surface area contributed by atoms with E-state index in [1.807, 2.05) is 42.5 Å². The molecular weight excluding hydrogens is 943 g/mol. The first kappa shape index (κ1) is 59.6. The Hall–Kier alpha value is -0.696. The summed E-state index contributed by atoms with van der Waals surface area (Å²) in [5.41, 5.74) is 17.0. The van der Waals surface area contributed by atoms with Gasteiger partial charge in [0.25, 0.3) is 0 Å². The number of hydrogen-bond acceptors (Lipinski definition) is 8. The van der Waals surface area contributed by atoms with Crippen LogP contribution in [0, 0.1) is 27.7 Å². The standard InChI is InChI=1S/C26H25N.C17H14ClN.C9H13BO2.3K.HO4P/c1-17(2)20-8-10-21(11-9-20)23-6-5-7-26-24(23)12-13-25(27-26)22-15-18(3)14-19(4)16-22;1-11-8-12(2)10-13(9-11)16-7-6-14-15(18)4-3-5-17(14)19-16;1-7(2)8-3-5-9(6-4-8)10(11)12;;;;1-4-5(2)3/h5-17H,1-4H3;3-10H,1-2H3;3-7,11-12H,1-2H3;;;;1H/q;;;;;+1;/p-1. The quantitative estimate of drug-likeness (QED) is 0.0725. The van der Waals surface area contributed by atoms with E-state index in [2.05, 4.69) is 151 Å². The van der Waals surface area contributed by atoms with Gasteiger partial charge in [0.05, 0.1) is 22.4 Å². The second-order valence-corrected chi connectivity index (χ2v) is 17.1. The zero-order valence-electron chi connectivity index (χ0n) is 39.8. The predicted octanol–water partition coefficient (Wildman–Crippen LogP) is 7.51. The first-order valence-corrected chi connectivity index (χ1v) is 39.1. The molecule has 0 saturated carbocycles. The van der Waals surface area contributed by atoms with Crippen molar-refractivity contribution in [1.82, 2.24) is 9.97 Å². The third-order valence-electron chi connectivity index (χ3n) is 10.3. The van der Waals surface area contributed by atoms with Crippen molar-refractivity contribution in [3.63, 3.8) is 0 Å². The molecule has 0 saturated heterocycles. The molecule has 1 unspecified atom stereocenters. The summed E-state index contributed by atoms with van der Waals surface area (Å²) in [5.74, 6) is 1.03. The van der Waals surface area contributed by atoms with Gasteiger partial charge in [-0.1, -0.05) is 146 Å². The van der Waals surface area contributed by atoms with E-state index in [4.69, 9.17) is 46.3 Å². The number of nitrogens with zero attached hydrogens (tertiary/aromatic N) is 2. The molecule has 324 valence electrons. The first-order chi connectivity index (χ1) is 31.0. The molecule has 66 heavy (non-hydrogen) atoms. The van der Waals surface area contributed by atoms with Gasteiger partial charge in [-0.2, -0.15) is 0 Å². The van der Waals surface area contributed by atoms with E-state index in [1.165, 1.54) is 119 Å². The van der Waals surface area contributed by atoms with Crippen molar-refractivity contribution in [3.8, 4) is 33.6 Å². The Labute approximate surface area is 484 Å². The Kier molecular flexibility index (Phi) is 27.3. The minimum atomic E-state index is -3.15. The Balaban J connectivity index is 0.000000258. The molecule has 8 nitrogen and oxygen atoms in total. The van der Waals surface area contributed by atoms with E-state index in [0.29, 0.717) is 17.3 Å². The number of hydrogen-bond donors (Lipinski definition) is 2. The van der Waals surface area contributed by atoms with Crippen LogP contribution in [0.2, 0.25) is 5.02 Å². The van der Waals surface area contributed by atoms with Gasteiger partial charge in [-0.15, -0.1) is 0 Å². The van der Waals surface area contributed by atoms with Crippen LogP contribution in [0.5, 0.6) is 0 Å². The molecule has 0 aliphatic rings. The van der Waals surface area contributed by atoms with Crippen LogP contribution in [0.25, 0.3) is 55.4 Å². The van der Waals surface area contributed by atoms with Gasteiger partial charge in [0.15, 0.2) is 0 Å². The molecule has 2 aromatic heterocycles. The molecule has 0 fully saturated rings. The second-order valence-electron chi connectivity index (χ2n) is 16.1. The monoisotopic (exact) mass is 994 g/mol. The fourth-order valence-electron chi connectivity index (χ4n) is 7.19. The number of aromatic nitrogens is 2. The fourth-order valence-corrected chi connectivity index (χ4v) is 7.42. The normalized spacial score (nSPS) is 10.6. The van der Waals surface area contributed by atoms with Crippen LogP contribution < -0.4 is 67.0 Å². The van der Waals surface area contributed by atoms with Crippen molar-refractivity contribution in [2.45, 2.75) is 67.2 Å². The number of benzene rings is 6. The van der Waals surface area contributed by atoms with Crippen LogP contribution in [0.4, 0.5) is 0 Å². The summed E-state index contributed by atoms with van der Waals surface area (Å²) in [5, 5.41) is 29.1. The number of halogens is 1. The van der Waals surface area contributed by atoms with Gasteiger partial charge in [-0.25, -0.2) is 14.6 Å². The Morgan fingerprint density at radius 1 is 0.591 bits per heavy atom. The molecule has 2 N–H and O–H groups in total. The van der Waals surface area contributed by atoms with Gasteiger partial charge >= 0.3 is 130 Å². The molecule has 0 radical (unpaired) electrons. The van der Waals surface area contributed by atoms with Crippen molar-refractivity contribution in [1.29, 1.82) is 0 Å². The first-order valence-electron chi connectivity index (χ1n) is 21.7. The maximum absolute atomic E-state index is 8.87. The second kappa shape index (κ2) is 30.2. The summed E-state index contributed by atoms with van der Waals surface area (Å²) in [6.07, 6.45) is 0. The molecule has 8 rings (SSSR count). The zero-order chi connectivity index (χ0) is 47.8. The van der Waals surface area contributed by atoms with Gasteiger partial charge in [-0.05, 0) is 132 Å². The van der Waals surface area contributed by atoms with E-state index < -0.39 is 15.4 Å². The van der Waals surface area contributed by atoms with E-state index in [9.17, 15) is 0 Å². The summed E-state index contributed by atoms with van der Waals surface area (Å²) in [4.78, 5) is 18.5. The topological polar surface area (TPSA) is 139 Å². The van der Waals surface area contributed by atoms with E-state index in [0.717, 1.165) is 38.4 Å². The Bertz CT molecular complexity index is 2750. The zero-order valence-corrected chi connectivity index (χ0v) is 50.9. The van der Waals surface area contributed by atoms with Crippen LogP contribution in [0.3, 0.4) is 0 Å². The molecule has 0 bridgehead atoms. The number of pyridine rings is 2. The number of aryl methyl sites for hydroxylation is 4. The van der Waals surface area contributed by atoms with Crippen molar-refractivity contribution in [2.24, 2.45) is 0 Å². The third-order valence-corrected chi connectivity index (χ3v) is 10.7. The van der Waals surface area contributed by atoms with E-state index >= 15 is 0 Å². The molecular formula is C52H52BClK3N2O6P. The summed E-state index contributed by atoms with van der Waals surface area (Å²) < 4.78 is 11.3. The average molecular weight is 996 g/mol. The van der Waals surface area contributed by atoms with E-state index in [1.54, 1.807) is 12.1 Å². The molecule has 0 spiro atoms. The fraction of sp³-hybridized carbons (Fsp3) is 0.192. The SMILES string of the molecule is CC(C)c1ccc(B(O)O)cc1.Cc1cc(C)cc(-c2ccc3c(-c4ccc(C(C)C)cc4)cccc3n2)c1.Cc1cc(C)cc(-c2ccc3c(Cl)cccc3n2)c1.O=[P+]([O-])O[O-].[K+].[K][K]. The van der Waals surface area contributed by atoms with Crippen LogP contribution in [-0.2, 0) is 9.24 Å². The molecule has 8 aromatic rings. The minimum absolute atomic E-state index is 0. The summed E-state index contributed by atoms with van der Waals surface area (Å²) >= 11 is 8.67. The van der Waals surface area contributed by atoms with Gasteiger partial charge in [-0.3, -0.25) is 0 Å². The van der Waals surface area contributed by atoms with Gasteiger partial charge in [0.1, 0.15) is 0 Å². The maximum atomic E-state index is 8.87.